The van der Waals surface area contributed by atoms with E-state index in [9.17, 15) is 14.4 Å². The van der Waals surface area contributed by atoms with Gasteiger partial charge in [-0.15, -0.1) is 0 Å². The predicted molar refractivity (Wildman–Crippen MR) is 102 cm³/mol. The summed E-state index contributed by atoms with van der Waals surface area (Å²) in [6.45, 7) is 7.57. The monoisotopic (exact) mass is 388 g/mol. The second-order valence-corrected chi connectivity index (χ2v) is 8.99. The average Bonchev–Trinajstić information content (AvgIpc) is 2.55. The van der Waals surface area contributed by atoms with Gasteiger partial charge >= 0.3 is 8.80 Å². The third-order valence-corrected chi connectivity index (χ3v) is 5.65. The Kier molecular flexibility index (Phi) is 14.0. The molecule has 0 heterocycles. The van der Waals surface area contributed by atoms with E-state index in [-0.39, 0.29) is 19.3 Å². The van der Waals surface area contributed by atoms with E-state index in [1.807, 2.05) is 20.8 Å². The summed E-state index contributed by atoms with van der Waals surface area (Å²) in [6, 6.07) is 0. The highest BCUT2D eigenvalue weighted by Gasteiger charge is 2.47. The van der Waals surface area contributed by atoms with Crippen LogP contribution in [-0.2, 0) is 27.7 Å². The molecule has 152 valence electrons. The molecule has 0 aromatic carbocycles. The van der Waals surface area contributed by atoms with Crippen molar-refractivity contribution in [3.05, 3.63) is 0 Å². The van der Waals surface area contributed by atoms with Gasteiger partial charge in [0.1, 0.15) is 0 Å². The van der Waals surface area contributed by atoms with E-state index in [0.717, 1.165) is 38.5 Å². The van der Waals surface area contributed by atoms with E-state index in [1.54, 1.807) is 0 Å². The van der Waals surface area contributed by atoms with Crippen molar-refractivity contribution in [3.63, 3.8) is 0 Å². The predicted octanol–water partition coefficient (Wildman–Crippen LogP) is 4.93. The third-order valence-electron chi connectivity index (χ3n) is 3.85. The molecule has 0 aliphatic rings. The molecule has 7 heteroatoms. The van der Waals surface area contributed by atoms with Crippen LogP contribution in [0.15, 0.2) is 0 Å². The third kappa shape index (κ3) is 12.9. The number of rotatable bonds is 15. The zero-order chi connectivity index (χ0) is 19.8. The molecule has 0 aliphatic heterocycles. The second kappa shape index (κ2) is 14.8. The lowest BCUT2D eigenvalue weighted by atomic mass is 10.2. The quantitative estimate of drug-likeness (QED) is 0.292. The molecule has 0 rings (SSSR count). The lowest BCUT2D eigenvalue weighted by Crippen LogP contribution is -2.47. The van der Waals surface area contributed by atoms with Crippen molar-refractivity contribution in [1.82, 2.24) is 0 Å². The molecule has 0 saturated carbocycles. The molecule has 0 atom stereocenters. The molecule has 0 aromatic heterocycles. The molecule has 0 radical (unpaired) electrons. The molecule has 0 aliphatic carbocycles. The Hall–Kier alpha value is -1.37. The standard InChI is InChI=1S/C19H36O6Si/c1-5-8-11-14-17(20)23-26(4,24-18(21)15-12-9-6-2)25-19(22)16-13-10-7-3/h5-16H2,1-4H3. The van der Waals surface area contributed by atoms with Crippen molar-refractivity contribution < 1.29 is 27.7 Å². The van der Waals surface area contributed by atoms with Crippen LogP contribution in [0.3, 0.4) is 0 Å². The van der Waals surface area contributed by atoms with Crippen LogP contribution in [-0.4, -0.2) is 26.7 Å². The average molecular weight is 389 g/mol. The minimum atomic E-state index is -3.67. The Balaban J connectivity index is 4.74. The van der Waals surface area contributed by atoms with Crippen LogP contribution in [0.4, 0.5) is 0 Å². The number of hydrogen-bond acceptors (Lipinski definition) is 6. The Bertz CT molecular complexity index is 364. The van der Waals surface area contributed by atoms with Gasteiger partial charge in [0.25, 0.3) is 17.9 Å². The molecule has 0 spiro atoms. The van der Waals surface area contributed by atoms with Gasteiger partial charge in [-0.1, -0.05) is 59.3 Å². The summed E-state index contributed by atoms with van der Waals surface area (Å²) in [5.41, 5.74) is 0. The molecule has 0 amide bonds. The van der Waals surface area contributed by atoms with Gasteiger partial charge in [0.05, 0.1) is 0 Å². The summed E-state index contributed by atoms with van der Waals surface area (Å²) in [4.78, 5) is 36.1. The van der Waals surface area contributed by atoms with Crippen molar-refractivity contribution in [1.29, 1.82) is 0 Å². The van der Waals surface area contributed by atoms with Crippen LogP contribution in [0.5, 0.6) is 0 Å². The van der Waals surface area contributed by atoms with Crippen molar-refractivity contribution in [2.24, 2.45) is 0 Å². The number of unbranched alkanes of at least 4 members (excludes halogenated alkanes) is 6. The normalized spacial score (nSPS) is 11.1. The molecule has 0 fully saturated rings. The maximum atomic E-state index is 12.0. The molecule has 0 saturated heterocycles. The fourth-order valence-electron chi connectivity index (χ4n) is 2.39. The molecule has 26 heavy (non-hydrogen) atoms. The summed E-state index contributed by atoms with van der Waals surface area (Å²) in [6.07, 6.45) is 8.52. The summed E-state index contributed by atoms with van der Waals surface area (Å²) in [5, 5.41) is 0. The van der Waals surface area contributed by atoms with E-state index >= 15 is 0 Å². The Morgan fingerprint density at radius 3 is 1.08 bits per heavy atom. The summed E-state index contributed by atoms with van der Waals surface area (Å²) in [7, 11) is -3.67. The number of hydrogen-bond donors (Lipinski definition) is 0. The second-order valence-electron chi connectivity index (χ2n) is 6.66. The first-order chi connectivity index (χ1) is 12.4. The van der Waals surface area contributed by atoms with Gasteiger partial charge in [-0.05, 0) is 19.3 Å². The highest BCUT2D eigenvalue weighted by molar-refractivity contribution is 6.64. The van der Waals surface area contributed by atoms with Crippen LogP contribution >= 0.6 is 0 Å². The highest BCUT2D eigenvalue weighted by atomic mass is 28.4. The van der Waals surface area contributed by atoms with E-state index in [4.69, 9.17) is 13.3 Å². The SMILES string of the molecule is CCCCCC(=O)O[Si](C)(OC(=O)CCCCC)OC(=O)CCCCC. The maximum absolute atomic E-state index is 12.0. The Morgan fingerprint density at radius 2 is 0.846 bits per heavy atom. The molecule has 0 unspecified atom stereocenters. The van der Waals surface area contributed by atoms with E-state index in [0.29, 0.717) is 19.3 Å². The minimum absolute atomic E-state index is 0.233. The fourth-order valence-corrected chi connectivity index (χ4v) is 4.07. The van der Waals surface area contributed by atoms with Gasteiger partial charge in [0.15, 0.2) is 0 Å². The van der Waals surface area contributed by atoms with E-state index < -0.39 is 26.7 Å². The van der Waals surface area contributed by atoms with Gasteiger partial charge in [-0.3, -0.25) is 14.4 Å². The van der Waals surface area contributed by atoms with Gasteiger partial charge < -0.3 is 13.3 Å². The van der Waals surface area contributed by atoms with E-state index in [2.05, 4.69) is 0 Å². The smallest absolute Gasteiger partial charge is 0.455 e. The highest BCUT2D eigenvalue weighted by Crippen LogP contribution is 2.16. The zero-order valence-electron chi connectivity index (χ0n) is 16.9. The van der Waals surface area contributed by atoms with Crippen molar-refractivity contribution >= 4 is 26.7 Å². The Labute approximate surface area is 159 Å². The van der Waals surface area contributed by atoms with Gasteiger partial charge in [-0.25, -0.2) is 0 Å². The maximum Gasteiger partial charge on any atom is 0.701 e. The molecule has 0 aromatic rings. The lowest BCUT2D eigenvalue weighted by molar-refractivity contribution is -0.150. The molecule has 0 bridgehead atoms. The van der Waals surface area contributed by atoms with Crippen molar-refractivity contribution in [2.75, 3.05) is 0 Å². The van der Waals surface area contributed by atoms with Gasteiger partial charge in [-0.2, -0.15) is 0 Å². The lowest BCUT2D eigenvalue weighted by Gasteiger charge is -2.24. The number of carbonyl (C=O) groups is 3. The molecular formula is C19H36O6Si. The largest absolute Gasteiger partial charge is 0.701 e. The molecule has 6 nitrogen and oxygen atoms in total. The summed E-state index contributed by atoms with van der Waals surface area (Å²) < 4.78 is 16.1. The molecule has 0 N–H and O–H groups in total. The number of carbonyl (C=O) groups excluding carboxylic acids is 3. The zero-order valence-corrected chi connectivity index (χ0v) is 17.9. The fraction of sp³-hybridized carbons (Fsp3) is 0.842. The van der Waals surface area contributed by atoms with Crippen LogP contribution in [0.2, 0.25) is 6.55 Å². The Morgan fingerprint density at radius 1 is 0.577 bits per heavy atom. The van der Waals surface area contributed by atoms with Gasteiger partial charge in [0, 0.05) is 25.8 Å². The molecular weight excluding hydrogens is 352 g/mol. The van der Waals surface area contributed by atoms with Crippen LogP contribution in [0.1, 0.15) is 97.8 Å². The topological polar surface area (TPSA) is 78.9 Å². The first-order valence-corrected chi connectivity index (χ1v) is 12.2. The summed E-state index contributed by atoms with van der Waals surface area (Å²) >= 11 is 0. The summed E-state index contributed by atoms with van der Waals surface area (Å²) in [5.74, 6) is -1.43. The van der Waals surface area contributed by atoms with Crippen molar-refractivity contribution in [3.8, 4) is 0 Å². The van der Waals surface area contributed by atoms with Crippen LogP contribution in [0, 0.1) is 0 Å². The van der Waals surface area contributed by atoms with Gasteiger partial charge in [0.2, 0.25) is 0 Å². The van der Waals surface area contributed by atoms with E-state index in [1.165, 1.54) is 6.55 Å². The van der Waals surface area contributed by atoms with Crippen LogP contribution < -0.4 is 0 Å². The van der Waals surface area contributed by atoms with Crippen molar-refractivity contribution in [2.45, 2.75) is 104 Å². The van der Waals surface area contributed by atoms with Crippen LogP contribution in [0.25, 0.3) is 0 Å². The first-order valence-electron chi connectivity index (χ1n) is 10.0. The first kappa shape index (κ1) is 24.6. The minimum Gasteiger partial charge on any atom is -0.455 e.